The summed E-state index contributed by atoms with van der Waals surface area (Å²) >= 11 is 0.799. The van der Waals surface area contributed by atoms with Gasteiger partial charge in [-0.05, 0) is 23.5 Å². The molecule has 1 amide bonds. The van der Waals surface area contributed by atoms with Crippen molar-refractivity contribution in [2.24, 2.45) is 5.92 Å². The monoisotopic (exact) mass is 401 g/mol. The third-order valence-electron chi connectivity index (χ3n) is 3.98. The fourth-order valence-corrected chi connectivity index (χ4v) is 3.18. The van der Waals surface area contributed by atoms with E-state index in [2.05, 4.69) is 22.4 Å². The summed E-state index contributed by atoms with van der Waals surface area (Å²) in [5.74, 6) is 3.75. The number of nitrogen functional groups attached to an aromatic ring is 1. The Morgan fingerprint density at radius 2 is 1.89 bits per heavy atom. The Balaban J connectivity index is 2.01. The van der Waals surface area contributed by atoms with Gasteiger partial charge in [-0.3, -0.25) is 4.79 Å². The maximum absolute atomic E-state index is 12.7. The van der Waals surface area contributed by atoms with Crippen LogP contribution in [-0.4, -0.2) is 26.5 Å². The molecule has 2 rings (SSSR count). The normalized spacial score (nSPS) is 13.0. The molecule has 10 heteroatoms. The predicted molar refractivity (Wildman–Crippen MR) is 97.4 cm³/mol. The number of aromatic nitrogens is 3. The molecule has 2 aromatic rings. The van der Waals surface area contributed by atoms with Crippen molar-refractivity contribution in [1.82, 2.24) is 20.2 Å². The number of halogens is 3. The van der Waals surface area contributed by atoms with Crippen molar-refractivity contribution in [3.05, 3.63) is 41.2 Å². The van der Waals surface area contributed by atoms with E-state index in [0.717, 1.165) is 23.7 Å². The van der Waals surface area contributed by atoms with Gasteiger partial charge in [-0.2, -0.15) is 13.2 Å². The number of nitrogens with two attached hydrogens (primary N) is 1. The van der Waals surface area contributed by atoms with Gasteiger partial charge >= 0.3 is 6.18 Å². The van der Waals surface area contributed by atoms with Crippen molar-refractivity contribution in [3.8, 4) is 0 Å². The van der Waals surface area contributed by atoms with Crippen LogP contribution in [0.3, 0.4) is 0 Å². The van der Waals surface area contributed by atoms with Gasteiger partial charge in [-0.1, -0.05) is 56.8 Å². The average molecular weight is 401 g/mol. The lowest BCUT2D eigenvalue weighted by Gasteiger charge is -2.23. The number of hydrogen-bond donors (Lipinski definition) is 2. The van der Waals surface area contributed by atoms with Crippen LogP contribution in [0.5, 0.6) is 0 Å². The van der Waals surface area contributed by atoms with Crippen LogP contribution in [0.2, 0.25) is 0 Å². The highest BCUT2D eigenvalue weighted by molar-refractivity contribution is 7.99. The number of rotatable bonds is 7. The molecular formula is C17H22F3N5OS. The van der Waals surface area contributed by atoms with Crippen LogP contribution in [0.15, 0.2) is 29.4 Å². The molecule has 1 aromatic heterocycles. The number of carbonyl (C=O) groups excluding carboxylic acids is 1. The SMILES string of the molecule is CCc1ccc([C@@H](NC(=O)CSc2nnc(C(F)(F)F)n2N)C(C)C)cc1. The van der Waals surface area contributed by atoms with Gasteiger partial charge < -0.3 is 11.2 Å². The van der Waals surface area contributed by atoms with Crippen molar-refractivity contribution in [1.29, 1.82) is 0 Å². The quantitative estimate of drug-likeness (QED) is 0.550. The van der Waals surface area contributed by atoms with Gasteiger partial charge in [-0.15, -0.1) is 10.2 Å². The summed E-state index contributed by atoms with van der Waals surface area (Å²) in [6.07, 6.45) is -3.77. The van der Waals surface area contributed by atoms with Crippen molar-refractivity contribution < 1.29 is 18.0 Å². The summed E-state index contributed by atoms with van der Waals surface area (Å²) in [6.45, 7) is 6.03. The van der Waals surface area contributed by atoms with E-state index in [1.165, 1.54) is 5.56 Å². The fraction of sp³-hybridized carbons (Fsp3) is 0.471. The van der Waals surface area contributed by atoms with Crippen molar-refractivity contribution in [2.75, 3.05) is 11.6 Å². The smallest absolute Gasteiger partial charge is 0.348 e. The molecule has 6 nitrogen and oxygen atoms in total. The maximum Gasteiger partial charge on any atom is 0.453 e. The minimum absolute atomic E-state index is 0.122. The zero-order valence-electron chi connectivity index (χ0n) is 15.2. The highest BCUT2D eigenvalue weighted by atomic mass is 32.2. The minimum atomic E-state index is -4.70. The largest absolute Gasteiger partial charge is 0.453 e. The van der Waals surface area contributed by atoms with Gasteiger partial charge in [0.1, 0.15) is 0 Å². The first kappa shape index (κ1) is 21.1. The summed E-state index contributed by atoms with van der Waals surface area (Å²) in [4.78, 5) is 12.3. The Bertz CT molecular complexity index is 774. The number of thioether (sulfide) groups is 1. The fourth-order valence-electron chi connectivity index (χ4n) is 2.51. The third kappa shape index (κ3) is 5.38. The van der Waals surface area contributed by atoms with Crippen LogP contribution in [0.4, 0.5) is 13.2 Å². The number of alkyl halides is 3. The van der Waals surface area contributed by atoms with E-state index in [0.29, 0.717) is 4.68 Å². The maximum atomic E-state index is 12.7. The second kappa shape index (κ2) is 8.64. The lowest BCUT2D eigenvalue weighted by atomic mass is 9.95. The Labute approximate surface area is 159 Å². The van der Waals surface area contributed by atoms with Crippen LogP contribution in [0.25, 0.3) is 0 Å². The van der Waals surface area contributed by atoms with Crippen LogP contribution in [-0.2, 0) is 17.4 Å². The Kier molecular flexibility index (Phi) is 6.74. The molecule has 0 unspecified atom stereocenters. The number of aryl methyl sites for hydroxylation is 1. The number of nitrogens with zero attached hydrogens (tertiary/aromatic N) is 3. The van der Waals surface area contributed by atoms with Crippen LogP contribution in [0, 0.1) is 5.92 Å². The molecule has 1 atom stereocenters. The lowest BCUT2D eigenvalue weighted by Crippen LogP contribution is -2.33. The molecule has 0 aliphatic heterocycles. The van der Waals surface area contributed by atoms with Gasteiger partial charge in [-0.25, -0.2) is 4.68 Å². The Morgan fingerprint density at radius 3 is 2.37 bits per heavy atom. The summed E-state index contributed by atoms with van der Waals surface area (Å²) in [5.41, 5.74) is 2.17. The van der Waals surface area contributed by atoms with Crippen molar-refractivity contribution in [2.45, 2.75) is 44.6 Å². The summed E-state index contributed by atoms with van der Waals surface area (Å²) in [5, 5.41) is 9.17. The standard InChI is InChI=1S/C17H22F3N5OS/c1-4-11-5-7-12(8-6-11)14(10(2)3)22-13(26)9-27-16-24-23-15(25(16)21)17(18,19)20/h5-8,10,14H,4,9,21H2,1-3H3,(H,22,26)/t14-/m0/s1. The predicted octanol–water partition coefficient (Wildman–Crippen LogP) is 3.18. The van der Waals surface area contributed by atoms with Crippen LogP contribution >= 0.6 is 11.8 Å². The molecule has 3 N–H and O–H groups in total. The van der Waals surface area contributed by atoms with E-state index < -0.39 is 12.0 Å². The minimum Gasteiger partial charge on any atom is -0.348 e. The van der Waals surface area contributed by atoms with E-state index >= 15 is 0 Å². The zero-order chi connectivity index (χ0) is 20.2. The first-order valence-electron chi connectivity index (χ1n) is 8.42. The van der Waals surface area contributed by atoms with Crippen LogP contribution in [0.1, 0.15) is 43.8 Å². The van der Waals surface area contributed by atoms with E-state index in [-0.39, 0.29) is 28.8 Å². The van der Waals surface area contributed by atoms with Gasteiger partial charge in [0.05, 0.1) is 11.8 Å². The number of benzene rings is 1. The van der Waals surface area contributed by atoms with Gasteiger partial charge in [0, 0.05) is 0 Å². The summed E-state index contributed by atoms with van der Waals surface area (Å²) < 4.78 is 38.4. The molecule has 0 radical (unpaired) electrons. The van der Waals surface area contributed by atoms with Crippen molar-refractivity contribution in [3.63, 3.8) is 0 Å². The third-order valence-corrected chi connectivity index (χ3v) is 4.92. The van der Waals surface area contributed by atoms with Gasteiger partial charge in [0.25, 0.3) is 5.82 Å². The lowest BCUT2D eigenvalue weighted by molar-refractivity contribution is -0.146. The van der Waals surface area contributed by atoms with E-state index in [1.807, 2.05) is 38.1 Å². The molecule has 148 valence electrons. The van der Waals surface area contributed by atoms with Crippen molar-refractivity contribution >= 4 is 17.7 Å². The first-order valence-corrected chi connectivity index (χ1v) is 9.40. The second-order valence-electron chi connectivity index (χ2n) is 6.35. The van der Waals surface area contributed by atoms with E-state index in [1.54, 1.807) is 0 Å². The Hall–Kier alpha value is -2.23. The molecule has 0 saturated heterocycles. The molecule has 0 spiro atoms. The molecule has 1 aromatic carbocycles. The average Bonchev–Trinajstić information content (AvgIpc) is 2.98. The molecule has 0 aliphatic carbocycles. The van der Waals surface area contributed by atoms with Gasteiger partial charge in [0.2, 0.25) is 11.1 Å². The first-order chi connectivity index (χ1) is 12.6. The second-order valence-corrected chi connectivity index (χ2v) is 7.29. The van der Waals surface area contributed by atoms with E-state index in [4.69, 9.17) is 5.84 Å². The number of hydrogen-bond acceptors (Lipinski definition) is 5. The molecule has 27 heavy (non-hydrogen) atoms. The topological polar surface area (TPSA) is 85.8 Å². The highest BCUT2D eigenvalue weighted by Crippen LogP contribution is 2.29. The summed E-state index contributed by atoms with van der Waals surface area (Å²) in [7, 11) is 0. The molecule has 0 fully saturated rings. The zero-order valence-corrected chi connectivity index (χ0v) is 16.1. The molecule has 0 aliphatic rings. The number of amides is 1. The Morgan fingerprint density at radius 1 is 1.26 bits per heavy atom. The number of nitrogens with one attached hydrogen (secondary N) is 1. The van der Waals surface area contributed by atoms with Gasteiger partial charge in [0.15, 0.2) is 0 Å². The van der Waals surface area contributed by atoms with E-state index in [9.17, 15) is 18.0 Å². The summed E-state index contributed by atoms with van der Waals surface area (Å²) in [6, 6.07) is 7.78. The molecule has 1 heterocycles. The molecule has 0 bridgehead atoms. The number of carbonyl (C=O) groups is 1. The highest BCUT2D eigenvalue weighted by Gasteiger charge is 2.38. The molecule has 0 saturated carbocycles. The van der Waals surface area contributed by atoms with Crippen LogP contribution < -0.4 is 11.2 Å². The molecular weight excluding hydrogens is 379 g/mol.